The third kappa shape index (κ3) is 2.18. The molecule has 0 unspecified atom stereocenters. The van der Waals surface area contributed by atoms with Crippen molar-refractivity contribution < 1.29 is 0 Å². The lowest BCUT2D eigenvalue weighted by Crippen LogP contribution is -1.81. The van der Waals surface area contributed by atoms with Crippen molar-refractivity contribution in [3.05, 3.63) is 83.9 Å². The van der Waals surface area contributed by atoms with E-state index in [-0.39, 0.29) is 0 Å². The SMILES string of the molecule is Clc1ccc(-c2ccc3c(ccc4ccccc43)c2)cc1. The van der Waals surface area contributed by atoms with E-state index >= 15 is 0 Å². The summed E-state index contributed by atoms with van der Waals surface area (Å²) in [4.78, 5) is 0. The molecule has 4 rings (SSSR count). The maximum Gasteiger partial charge on any atom is 0.0406 e. The lowest BCUT2D eigenvalue weighted by atomic mass is 9.97. The zero-order valence-corrected chi connectivity index (χ0v) is 12.1. The van der Waals surface area contributed by atoms with Crippen LogP contribution in [0.5, 0.6) is 0 Å². The van der Waals surface area contributed by atoms with Gasteiger partial charge in [0.1, 0.15) is 0 Å². The van der Waals surface area contributed by atoms with Gasteiger partial charge in [-0.15, -0.1) is 0 Å². The van der Waals surface area contributed by atoms with Crippen molar-refractivity contribution in [2.45, 2.75) is 0 Å². The zero-order chi connectivity index (χ0) is 14.2. The summed E-state index contributed by atoms with van der Waals surface area (Å²) in [6.07, 6.45) is 0. The quantitative estimate of drug-likeness (QED) is 0.360. The molecule has 21 heavy (non-hydrogen) atoms. The second-order valence-electron chi connectivity index (χ2n) is 5.23. The van der Waals surface area contributed by atoms with E-state index < -0.39 is 0 Å². The van der Waals surface area contributed by atoms with Crippen LogP contribution in [0.15, 0.2) is 78.9 Å². The molecule has 0 radical (unpaired) electrons. The fraction of sp³-hybridized carbons (Fsp3) is 0. The average Bonchev–Trinajstić information content (AvgIpc) is 2.55. The third-order valence-corrected chi connectivity index (χ3v) is 4.17. The Morgan fingerprint density at radius 1 is 0.524 bits per heavy atom. The first-order valence-electron chi connectivity index (χ1n) is 6.99. The van der Waals surface area contributed by atoms with E-state index in [4.69, 9.17) is 11.6 Å². The smallest absolute Gasteiger partial charge is 0.0406 e. The number of hydrogen-bond donors (Lipinski definition) is 0. The highest BCUT2D eigenvalue weighted by molar-refractivity contribution is 6.30. The molecule has 0 aliphatic rings. The molecule has 0 N–H and O–H groups in total. The molecule has 0 atom stereocenters. The Hall–Kier alpha value is -2.31. The van der Waals surface area contributed by atoms with E-state index in [1.165, 1.54) is 32.7 Å². The Bertz CT molecular complexity index is 937. The van der Waals surface area contributed by atoms with E-state index in [1.807, 2.05) is 12.1 Å². The molecule has 0 saturated heterocycles. The van der Waals surface area contributed by atoms with Gasteiger partial charge in [-0.2, -0.15) is 0 Å². The summed E-state index contributed by atoms with van der Waals surface area (Å²) in [5.41, 5.74) is 2.41. The lowest BCUT2D eigenvalue weighted by molar-refractivity contribution is 1.65. The van der Waals surface area contributed by atoms with Crippen molar-refractivity contribution in [1.29, 1.82) is 0 Å². The van der Waals surface area contributed by atoms with Gasteiger partial charge in [0.2, 0.25) is 0 Å². The number of hydrogen-bond acceptors (Lipinski definition) is 0. The molecular weight excluding hydrogens is 276 g/mol. The molecule has 0 spiro atoms. The molecule has 0 aliphatic heterocycles. The Labute approximate surface area is 128 Å². The van der Waals surface area contributed by atoms with E-state index in [0.717, 1.165) is 5.02 Å². The first-order chi connectivity index (χ1) is 10.3. The highest BCUT2D eigenvalue weighted by Crippen LogP contribution is 2.30. The minimum atomic E-state index is 0.769. The van der Waals surface area contributed by atoms with Gasteiger partial charge >= 0.3 is 0 Å². The van der Waals surface area contributed by atoms with Gasteiger partial charge in [-0.1, -0.05) is 72.3 Å². The zero-order valence-electron chi connectivity index (χ0n) is 11.4. The monoisotopic (exact) mass is 288 g/mol. The van der Waals surface area contributed by atoms with Gasteiger partial charge < -0.3 is 0 Å². The van der Waals surface area contributed by atoms with Gasteiger partial charge in [-0.05, 0) is 50.9 Å². The van der Waals surface area contributed by atoms with Crippen LogP contribution in [-0.2, 0) is 0 Å². The van der Waals surface area contributed by atoms with Crippen LogP contribution < -0.4 is 0 Å². The number of benzene rings is 4. The highest BCUT2D eigenvalue weighted by Gasteiger charge is 2.03. The number of rotatable bonds is 1. The van der Waals surface area contributed by atoms with Crippen molar-refractivity contribution in [1.82, 2.24) is 0 Å². The second-order valence-corrected chi connectivity index (χ2v) is 5.67. The van der Waals surface area contributed by atoms with E-state index in [1.54, 1.807) is 0 Å². The molecule has 0 amide bonds. The molecule has 4 aromatic carbocycles. The fourth-order valence-electron chi connectivity index (χ4n) is 2.83. The van der Waals surface area contributed by atoms with Crippen molar-refractivity contribution in [2.24, 2.45) is 0 Å². The molecule has 0 saturated carbocycles. The van der Waals surface area contributed by atoms with Crippen LogP contribution in [0.4, 0.5) is 0 Å². The van der Waals surface area contributed by atoms with Crippen molar-refractivity contribution in [2.75, 3.05) is 0 Å². The van der Waals surface area contributed by atoms with Crippen LogP contribution in [0.3, 0.4) is 0 Å². The molecule has 0 aliphatic carbocycles. The van der Waals surface area contributed by atoms with E-state index in [9.17, 15) is 0 Å². The van der Waals surface area contributed by atoms with Gasteiger partial charge in [-0.25, -0.2) is 0 Å². The maximum absolute atomic E-state index is 5.96. The Morgan fingerprint density at radius 2 is 1.19 bits per heavy atom. The second kappa shape index (κ2) is 4.91. The normalized spacial score (nSPS) is 11.1. The Balaban J connectivity index is 1.94. The van der Waals surface area contributed by atoms with Crippen LogP contribution in [0.2, 0.25) is 5.02 Å². The summed E-state index contributed by atoms with van der Waals surface area (Å²) >= 11 is 5.96. The topological polar surface area (TPSA) is 0 Å². The molecule has 0 heterocycles. The predicted molar refractivity (Wildman–Crippen MR) is 91.9 cm³/mol. The standard InChI is InChI=1S/C20H13Cl/c21-18-10-7-14(8-11-18)16-9-12-20-17(13-16)6-5-15-3-1-2-4-19(15)20/h1-13H. The fourth-order valence-corrected chi connectivity index (χ4v) is 2.96. The maximum atomic E-state index is 5.96. The Kier molecular flexibility index (Phi) is 2.90. The molecule has 0 aromatic heterocycles. The van der Waals surface area contributed by atoms with Crippen LogP contribution in [0.1, 0.15) is 0 Å². The first kappa shape index (κ1) is 12.4. The first-order valence-corrected chi connectivity index (χ1v) is 7.36. The van der Waals surface area contributed by atoms with Crippen molar-refractivity contribution in [3.8, 4) is 11.1 Å². The molecule has 4 aromatic rings. The lowest BCUT2D eigenvalue weighted by Gasteiger charge is -2.07. The van der Waals surface area contributed by atoms with Gasteiger partial charge in [0.15, 0.2) is 0 Å². The van der Waals surface area contributed by atoms with E-state index in [0.29, 0.717) is 0 Å². The summed E-state index contributed by atoms with van der Waals surface area (Å²) in [5, 5.41) is 5.92. The van der Waals surface area contributed by atoms with Crippen molar-refractivity contribution in [3.63, 3.8) is 0 Å². The van der Waals surface area contributed by atoms with Gasteiger partial charge in [0, 0.05) is 5.02 Å². The summed E-state index contributed by atoms with van der Waals surface area (Å²) in [7, 11) is 0. The highest BCUT2D eigenvalue weighted by atomic mass is 35.5. The number of halogens is 1. The summed E-state index contributed by atoms with van der Waals surface area (Å²) in [6, 6.07) is 27.5. The van der Waals surface area contributed by atoms with E-state index in [2.05, 4.69) is 66.7 Å². The average molecular weight is 289 g/mol. The number of fused-ring (bicyclic) bond motifs is 3. The molecule has 0 nitrogen and oxygen atoms in total. The summed E-state index contributed by atoms with van der Waals surface area (Å²) in [6.45, 7) is 0. The third-order valence-electron chi connectivity index (χ3n) is 3.92. The van der Waals surface area contributed by atoms with Crippen LogP contribution >= 0.6 is 11.6 Å². The molecule has 0 fully saturated rings. The predicted octanol–water partition coefficient (Wildman–Crippen LogP) is 6.31. The minimum Gasteiger partial charge on any atom is -0.0843 e. The van der Waals surface area contributed by atoms with Gasteiger partial charge in [-0.3, -0.25) is 0 Å². The molecular formula is C20H13Cl. The molecule has 0 bridgehead atoms. The van der Waals surface area contributed by atoms with Gasteiger partial charge in [0.25, 0.3) is 0 Å². The van der Waals surface area contributed by atoms with Crippen LogP contribution in [-0.4, -0.2) is 0 Å². The minimum absolute atomic E-state index is 0.769. The Morgan fingerprint density at radius 3 is 2.05 bits per heavy atom. The summed E-state index contributed by atoms with van der Waals surface area (Å²) in [5.74, 6) is 0. The van der Waals surface area contributed by atoms with Gasteiger partial charge in [0.05, 0.1) is 0 Å². The van der Waals surface area contributed by atoms with Crippen LogP contribution in [0, 0.1) is 0 Å². The molecule has 100 valence electrons. The largest absolute Gasteiger partial charge is 0.0843 e. The molecule has 1 heteroatoms. The van der Waals surface area contributed by atoms with Crippen LogP contribution in [0.25, 0.3) is 32.7 Å². The van der Waals surface area contributed by atoms with Crippen molar-refractivity contribution >= 4 is 33.1 Å². The summed E-state index contributed by atoms with van der Waals surface area (Å²) < 4.78 is 0.